The van der Waals surface area contributed by atoms with Gasteiger partial charge in [-0.15, -0.1) is 11.3 Å². The van der Waals surface area contributed by atoms with Crippen molar-refractivity contribution in [3.05, 3.63) is 45.4 Å². The number of rotatable bonds is 6. The van der Waals surface area contributed by atoms with E-state index in [4.69, 9.17) is 14.6 Å². The van der Waals surface area contributed by atoms with Crippen LogP contribution in [0.15, 0.2) is 24.3 Å². The van der Waals surface area contributed by atoms with E-state index in [9.17, 15) is 9.59 Å². The second kappa shape index (κ2) is 8.49. The predicted octanol–water partition coefficient (Wildman–Crippen LogP) is 3.20. The monoisotopic (exact) mass is 390 g/mol. The van der Waals surface area contributed by atoms with Crippen LogP contribution in [0.1, 0.15) is 56.5 Å². The molecule has 0 radical (unpaired) electrons. The largest absolute Gasteiger partial charge is 0.490 e. The molecule has 0 spiro atoms. The molecule has 1 aliphatic heterocycles. The highest BCUT2D eigenvalue weighted by Gasteiger charge is 2.20. The third kappa shape index (κ3) is 4.84. The molecule has 3 rings (SSSR count). The number of carbonyl (C=O) groups is 2. The number of nitrogens with zero attached hydrogens (tertiary/aromatic N) is 1. The fourth-order valence-electron chi connectivity index (χ4n) is 2.81. The van der Waals surface area contributed by atoms with Crippen LogP contribution in [0.25, 0.3) is 0 Å². The average molecular weight is 390 g/mol. The van der Waals surface area contributed by atoms with Gasteiger partial charge in [-0.2, -0.15) is 0 Å². The fourth-order valence-corrected chi connectivity index (χ4v) is 3.72. The SMILES string of the molecule is Cc1nc(C(C)NC(=O)c2ccc(OC3CCOCC3)cc2)sc1C(=O)O. The van der Waals surface area contributed by atoms with Crippen LogP contribution in [0.4, 0.5) is 0 Å². The molecule has 0 bridgehead atoms. The van der Waals surface area contributed by atoms with Crippen LogP contribution in [0.5, 0.6) is 5.75 Å². The number of nitrogens with one attached hydrogen (secondary N) is 1. The molecule has 1 aromatic heterocycles. The van der Waals surface area contributed by atoms with Crippen molar-refractivity contribution in [1.82, 2.24) is 10.3 Å². The second-order valence-corrected chi connectivity index (χ2v) is 7.45. The minimum atomic E-state index is -1.00. The summed E-state index contributed by atoms with van der Waals surface area (Å²) in [5, 5.41) is 12.5. The molecular weight excluding hydrogens is 368 g/mol. The summed E-state index contributed by atoms with van der Waals surface area (Å²) in [5.74, 6) is -0.520. The van der Waals surface area contributed by atoms with E-state index in [2.05, 4.69) is 10.3 Å². The summed E-state index contributed by atoms with van der Waals surface area (Å²) in [6.07, 6.45) is 1.88. The molecule has 7 nitrogen and oxygen atoms in total. The molecule has 0 aliphatic carbocycles. The van der Waals surface area contributed by atoms with Crippen LogP contribution in [0, 0.1) is 6.92 Å². The zero-order valence-corrected chi connectivity index (χ0v) is 16.0. The van der Waals surface area contributed by atoms with E-state index < -0.39 is 5.97 Å². The van der Waals surface area contributed by atoms with Crippen LogP contribution in [0.2, 0.25) is 0 Å². The van der Waals surface area contributed by atoms with Crippen molar-refractivity contribution in [3.63, 3.8) is 0 Å². The Bertz CT molecular complexity index is 812. The van der Waals surface area contributed by atoms with Gasteiger partial charge in [-0.3, -0.25) is 4.79 Å². The molecule has 144 valence electrons. The van der Waals surface area contributed by atoms with Gasteiger partial charge in [0.2, 0.25) is 0 Å². The summed E-state index contributed by atoms with van der Waals surface area (Å²) in [4.78, 5) is 28.0. The van der Waals surface area contributed by atoms with E-state index in [0.717, 1.165) is 29.9 Å². The van der Waals surface area contributed by atoms with Crippen molar-refractivity contribution in [2.24, 2.45) is 0 Å². The fraction of sp³-hybridized carbons (Fsp3) is 0.421. The van der Waals surface area contributed by atoms with Crippen molar-refractivity contribution in [2.45, 2.75) is 38.8 Å². The standard InChI is InChI=1S/C19H22N2O5S/c1-11-16(19(23)24)27-18(21-11)12(2)20-17(22)13-3-5-14(6-4-13)26-15-7-9-25-10-8-15/h3-6,12,15H,7-10H2,1-2H3,(H,20,22)(H,23,24). The summed E-state index contributed by atoms with van der Waals surface area (Å²) in [5.41, 5.74) is 0.964. The number of hydrogen-bond donors (Lipinski definition) is 2. The highest BCUT2D eigenvalue weighted by molar-refractivity contribution is 7.13. The first-order valence-corrected chi connectivity index (χ1v) is 9.61. The summed E-state index contributed by atoms with van der Waals surface area (Å²) >= 11 is 1.08. The lowest BCUT2D eigenvalue weighted by Crippen LogP contribution is -2.27. The second-order valence-electron chi connectivity index (χ2n) is 6.42. The summed E-state index contributed by atoms with van der Waals surface area (Å²) in [7, 11) is 0. The van der Waals surface area contributed by atoms with Gasteiger partial charge in [0, 0.05) is 18.4 Å². The molecule has 1 fully saturated rings. The van der Waals surface area contributed by atoms with Crippen molar-refractivity contribution < 1.29 is 24.2 Å². The lowest BCUT2D eigenvalue weighted by atomic mass is 10.1. The van der Waals surface area contributed by atoms with E-state index in [1.54, 1.807) is 38.1 Å². The third-order valence-corrected chi connectivity index (χ3v) is 5.64. The molecule has 1 amide bonds. The number of aromatic nitrogens is 1. The van der Waals surface area contributed by atoms with E-state index in [0.29, 0.717) is 29.5 Å². The Morgan fingerprint density at radius 1 is 1.30 bits per heavy atom. The normalized spacial score (nSPS) is 15.9. The van der Waals surface area contributed by atoms with Gasteiger partial charge in [0.25, 0.3) is 5.91 Å². The van der Waals surface area contributed by atoms with E-state index >= 15 is 0 Å². The molecule has 2 N–H and O–H groups in total. The number of hydrogen-bond acceptors (Lipinski definition) is 6. The average Bonchev–Trinajstić information content (AvgIpc) is 3.05. The molecule has 2 aromatic rings. The summed E-state index contributed by atoms with van der Waals surface area (Å²) in [6.45, 7) is 4.85. The van der Waals surface area contributed by atoms with Gasteiger partial charge < -0.3 is 19.9 Å². The zero-order valence-electron chi connectivity index (χ0n) is 15.2. The lowest BCUT2D eigenvalue weighted by Gasteiger charge is -2.23. The zero-order chi connectivity index (χ0) is 19.4. The molecule has 2 heterocycles. The maximum absolute atomic E-state index is 12.4. The summed E-state index contributed by atoms with van der Waals surface area (Å²) in [6, 6.07) is 6.61. The Morgan fingerprint density at radius 3 is 2.56 bits per heavy atom. The van der Waals surface area contributed by atoms with Gasteiger partial charge in [-0.25, -0.2) is 9.78 Å². The number of aryl methyl sites for hydroxylation is 1. The summed E-state index contributed by atoms with van der Waals surface area (Å²) < 4.78 is 11.2. The van der Waals surface area contributed by atoms with Gasteiger partial charge in [0.1, 0.15) is 21.7 Å². The van der Waals surface area contributed by atoms with Crippen LogP contribution < -0.4 is 10.1 Å². The molecule has 1 aromatic carbocycles. The Kier molecular flexibility index (Phi) is 6.08. The quantitative estimate of drug-likeness (QED) is 0.786. The third-order valence-electron chi connectivity index (χ3n) is 4.31. The molecular formula is C19H22N2O5S. The molecule has 1 aliphatic rings. The number of carboxylic acids is 1. The van der Waals surface area contributed by atoms with Gasteiger partial charge in [-0.05, 0) is 38.1 Å². The predicted molar refractivity (Wildman–Crippen MR) is 101 cm³/mol. The molecule has 0 saturated carbocycles. The van der Waals surface area contributed by atoms with Gasteiger partial charge in [-0.1, -0.05) is 0 Å². The van der Waals surface area contributed by atoms with E-state index in [-0.39, 0.29) is 22.9 Å². The maximum atomic E-state index is 12.4. The topological polar surface area (TPSA) is 97.8 Å². The first-order valence-electron chi connectivity index (χ1n) is 8.80. The van der Waals surface area contributed by atoms with E-state index in [1.165, 1.54) is 0 Å². The number of thiazole rings is 1. The van der Waals surface area contributed by atoms with Gasteiger partial charge >= 0.3 is 5.97 Å². The Balaban J connectivity index is 1.60. The Hall–Kier alpha value is -2.45. The first-order chi connectivity index (χ1) is 12.9. The Morgan fingerprint density at radius 2 is 1.96 bits per heavy atom. The molecule has 1 saturated heterocycles. The number of carboxylic acid groups (broad SMARTS) is 1. The van der Waals surface area contributed by atoms with Crippen LogP contribution >= 0.6 is 11.3 Å². The minimum Gasteiger partial charge on any atom is -0.490 e. The molecule has 1 unspecified atom stereocenters. The molecule has 27 heavy (non-hydrogen) atoms. The van der Waals surface area contributed by atoms with Crippen molar-refractivity contribution in [2.75, 3.05) is 13.2 Å². The number of benzene rings is 1. The highest BCUT2D eigenvalue weighted by atomic mass is 32.1. The molecule has 1 atom stereocenters. The van der Waals surface area contributed by atoms with Crippen molar-refractivity contribution in [1.29, 1.82) is 0 Å². The smallest absolute Gasteiger partial charge is 0.347 e. The molecule has 8 heteroatoms. The maximum Gasteiger partial charge on any atom is 0.347 e. The van der Waals surface area contributed by atoms with Crippen LogP contribution in [0.3, 0.4) is 0 Å². The Labute approximate surface area is 161 Å². The van der Waals surface area contributed by atoms with E-state index in [1.807, 2.05) is 0 Å². The van der Waals surface area contributed by atoms with Crippen LogP contribution in [-0.2, 0) is 4.74 Å². The number of amides is 1. The lowest BCUT2D eigenvalue weighted by molar-refractivity contribution is 0.0255. The van der Waals surface area contributed by atoms with Crippen molar-refractivity contribution in [3.8, 4) is 5.75 Å². The van der Waals surface area contributed by atoms with Crippen LogP contribution in [-0.4, -0.2) is 41.3 Å². The number of ether oxygens (including phenoxy) is 2. The highest BCUT2D eigenvalue weighted by Crippen LogP contribution is 2.24. The van der Waals surface area contributed by atoms with Gasteiger partial charge in [0.05, 0.1) is 24.9 Å². The number of carbonyl (C=O) groups excluding carboxylic acids is 1. The first kappa shape index (κ1) is 19.3. The van der Waals surface area contributed by atoms with Gasteiger partial charge in [0.15, 0.2) is 0 Å². The minimum absolute atomic E-state index is 0.148. The number of aromatic carboxylic acids is 1. The van der Waals surface area contributed by atoms with Crippen molar-refractivity contribution >= 4 is 23.2 Å².